The van der Waals surface area contributed by atoms with E-state index in [-0.39, 0.29) is 6.04 Å². The first-order valence-electron chi connectivity index (χ1n) is 5.58. The second-order valence-electron chi connectivity index (χ2n) is 4.00. The molecule has 1 saturated heterocycles. The van der Waals surface area contributed by atoms with Crippen molar-refractivity contribution < 1.29 is 4.74 Å². The van der Waals surface area contributed by atoms with Crippen LogP contribution in [0.4, 0.5) is 0 Å². The predicted octanol–water partition coefficient (Wildman–Crippen LogP) is 2.17. The summed E-state index contributed by atoms with van der Waals surface area (Å²) < 4.78 is 5.56. The highest BCUT2D eigenvalue weighted by Crippen LogP contribution is 2.25. The molecule has 0 aromatic carbocycles. The average molecular weight is 261 g/mol. The summed E-state index contributed by atoms with van der Waals surface area (Å²) in [5.74, 6) is 0. The molecule has 3 N–H and O–H groups in total. The Hall–Kier alpha value is -0.130. The van der Waals surface area contributed by atoms with E-state index in [1.165, 1.54) is 11.3 Å². The fourth-order valence-electron chi connectivity index (χ4n) is 1.89. The van der Waals surface area contributed by atoms with E-state index in [2.05, 4.69) is 5.32 Å². The van der Waals surface area contributed by atoms with Gasteiger partial charge in [0.05, 0.1) is 17.2 Å². The van der Waals surface area contributed by atoms with Gasteiger partial charge in [-0.25, -0.2) is 0 Å². The number of nitrogens with one attached hydrogen (secondary N) is 1. The van der Waals surface area contributed by atoms with Gasteiger partial charge in [0.15, 0.2) is 0 Å². The SMILES string of the molecule is NCC(NCC1CCCO1)c1cc(Cl)cs1. The van der Waals surface area contributed by atoms with Gasteiger partial charge in [0, 0.05) is 30.0 Å². The maximum atomic E-state index is 5.91. The Morgan fingerprint density at radius 3 is 3.12 bits per heavy atom. The first kappa shape index (κ1) is 12.3. The Labute approximate surface area is 105 Å². The number of hydrogen-bond acceptors (Lipinski definition) is 4. The third-order valence-corrected chi connectivity index (χ3v) is 4.18. The summed E-state index contributed by atoms with van der Waals surface area (Å²) in [4.78, 5) is 1.20. The van der Waals surface area contributed by atoms with Crippen LogP contribution in [0.3, 0.4) is 0 Å². The Kier molecular flexibility index (Phi) is 4.61. The molecule has 1 fully saturated rings. The number of ether oxygens (including phenoxy) is 1. The van der Waals surface area contributed by atoms with Crippen molar-refractivity contribution in [2.75, 3.05) is 19.7 Å². The Balaban J connectivity index is 1.85. The van der Waals surface area contributed by atoms with Crippen molar-refractivity contribution in [3.8, 4) is 0 Å². The number of thiophene rings is 1. The largest absolute Gasteiger partial charge is 0.377 e. The Morgan fingerprint density at radius 1 is 1.69 bits per heavy atom. The maximum Gasteiger partial charge on any atom is 0.0700 e. The van der Waals surface area contributed by atoms with E-state index in [0.29, 0.717) is 12.6 Å². The van der Waals surface area contributed by atoms with E-state index in [9.17, 15) is 0 Å². The van der Waals surface area contributed by atoms with Gasteiger partial charge in [-0.3, -0.25) is 0 Å². The smallest absolute Gasteiger partial charge is 0.0700 e. The molecule has 0 radical (unpaired) electrons. The van der Waals surface area contributed by atoms with Gasteiger partial charge in [0.1, 0.15) is 0 Å². The average Bonchev–Trinajstić information content (AvgIpc) is 2.91. The van der Waals surface area contributed by atoms with Crippen LogP contribution >= 0.6 is 22.9 Å². The van der Waals surface area contributed by atoms with Gasteiger partial charge in [0.2, 0.25) is 0 Å². The zero-order chi connectivity index (χ0) is 11.4. The monoisotopic (exact) mass is 260 g/mol. The van der Waals surface area contributed by atoms with Crippen LogP contribution in [0.15, 0.2) is 11.4 Å². The van der Waals surface area contributed by atoms with Crippen molar-refractivity contribution in [1.29, 1.82) is 0 Å². The zero-order valence-electron chi connectivity index (χ0n) is 9.12. The van der Waals surface area contributed by atoms with Gasteiger partial charge in [0.25, 0.3) is 0 Å². The Bertz CT molecular complexity index is 326. The molecule has 0 amide bonds. The third kappa shape index (κ3) is 3.18. The lowest BCUT2D eigenvalue weighted by Gasteiger charge is -2.18. The fourth-order valence-corrected chi connectivity index (χ4v) is 3.06. The molecule has 1 aromatic heterocycles. The van der Waals surface area contributed by atoms with Gasteiger partial charge < -0.3 is 15.8 Å². The van der Waals surface area contributed by atoms with Gasteiger partial charge in [-0.05, 0) is 18.9 Å². The highest BCUT2D eigenvalue weighted by molar-refractivity contribution is 7.10. The Morgan fingerprint density at radius 2 is 2.56 bits per heavy atom. The lowest BCUT2D eigenvalue weighted by Crippen LogP contribution is -2.33. The lowest BCUT2D eigenvalue weighted by atomic mass is 10.2. The quantitative estimate of drug-likeness (QED) is 0.853. The minimum atomic E-state index is 0.196. The van der Waals surface area contributed by atoms with Crippen molar-refractivity contribution in [3.05, 3.63) is 21.3 Å². The highest BCUT2D eigenvalue weighted by Gasteiger charge is 2.18. The van der Waals surface area contributed by atoms with E-state index >= 15 is 0 Å². The molecule has 1 aliphatic rings. The summed E-state index contributed by atoms with van der Waals surface area (Å²) in [6.07, 6.45) is 2.67. The number of rotatable bonds is 5. The first-order valence-corrected chi connectivity index (χ1v) is 6.84. The number of nitrogens with two attached hydrogens (primary N) is 1. The predicted molar refractivity (Wildman–Crippen MR) is 68.1 cm³/mol. The van der Waals surface area contributed by atoms with Crippen molar-refractivity contribution in [2.24, 2.45) is 5.73 Å². The summed E-state index contributed by atoms with van der Waals surface area (Å²) in [5, 5.41) is 6.17. The van der Waals surface area contributed by atoms with E-state index in [0.717, 1.165) is 24.6 Å². The van der Waals surface area contributed by atoms with Gasteiger partial charge in [-0.15, -0.1) is 11.3 Å². The molecule has 0 spiro atoms. The summed E-state index contributed by atoms with van der Waals surface area (Å²) in [6, 6.07) is 2.17. The second-order valence-corrected chi connectivity index (χ2v) is 5.38. The summed E-state index contributed by atoms with van der Waals surface area (Å²) in [7, 11) is 0. The van der Waals surface area contributed by atoms with Crippen LogP contribution in [0.2, 0.25) is 5.02 Å². The van der Waals surface area contributed by atoms with Crippen molar-refractivity contribution in [3.63, 3.8) is 0 Å². The van der Waals surface area contributed by atoms with E-state index in [4.69, 9.17) is 22.1 Å². The molecule has 2 rings (SSSR count). The van der Waals surface area contributed by atoms with Gasteiger partial charge >= 0.3 is 0 Å². The molecule has 90 valence electrons. The van der Waals surface area contributed by atoms with E-state index < -0.39 is 0 Å². The molecule has 5 heteroatoms. The summed E-state index contributed by atoms with van der Waals surface area (Å²) in [5.41, 5.74) is 5.76. The minimum Gasteiger partial charge on any atom is -0.377 e. The topological polar surface area (TPSA) is 47.3 Å². The van der Waals surface area contributed by atoms with Crippen LogP contribution < -0.4 is 11.1 Å². The zero-order valence-corrected chi connectivity index (χ0v) is 10.7. The second kappa shape index (κ2) is 5.98. The number of hydrogen-bond donors (Lipinski definition) is 2. The van der Waals surface area contributed by atoms with Crippen molar-refractivity contribution in [2.45, 2.75) is 25.0 Å². The molecule has 2 unspecified atom stereocenters. The molecule has 2 atom stereocenters. The van der Waals surface area contributed by atoms with Crippen LogP contribution in [0.5, 0.6) is 0 Å². The normalized spacial score (nSPS) is 22.5. The summed E-state index contributed by atoms with van der Waals surface area (Å²) >= 11 is 7.56. The van der Waals surface area contributed by atoms with E-state index in [1.54, 1.807) is 11.3 Å². The number of halogens is 1. The molecule has 3 nitrogen and oxygen atoms in total. The molecule has 16 heavy (non-hydrogen) atoms. The van der Waals surface area contributed by atoms with Crippen LogP contribution in [-0.4, -0.2) is 25.8 Å². The molecule has 2 heterocycles. The van der Waals surface area contributed by atoms with Crippen LogP contribution in [0, 0.1) is 0 Å². The van der Waals surface area contributed by atoms with Crippen molar-refractivity contribution >= 4 is 22.9 Å². The van der Waals surface area contributed by atoms with Crippen LogP contribution in [0.1, 0.15) is 23.8 Å². The molecule has 0 aliphatic carbocycles. The van der Waals surface area contributed by atoms with Gasteiger partial charge in [-0.1, -0.05) is 11.6 Å². The third-order valence-electron chi connectivity index (χ3n) is 2.78. The molecule has 1 aromatic rings. The molecule has 0 bridgehead atoms. The van der Waals surface area contributed by atoms with E-state index in [1.807, 2.05) is 11.4 Å². The van der Waals surface area contributed by atoms with Crippen LogP contribution in [-0.2, 0) is 4.74 Å². The van der Waals surface area contributed by atoms with Crippen molar-refractivity contribution in [1.82, 2.24) is 5.32 Å². The van der Waals surface area contributed by atoms with Gasteiger partial charge in [-0.2, -0.15) is 0 Å². The maximum absolute atomic E-state index is 5.91. The first-order chi connectivity index (χ1) is 7.79. The summed E-state index contributed by atoms with van der Waals surface area (Å²) in [6.45, 7) is 2.35. The highest BCUT2D eigenvalue weighted by atomic mass is 35.5. The molecule has 1 aliphatic heterocycles. The minimum absolute atomic E-state index is 0.196. The molecular weight excluding hydrogens is 244 g/mol. The van der Waals surface area contributed by atoms with Crippen LogP contribution in [0.25, 0.3) is 0 Å². The lowest BCUT2D eigenvalue weighted by molar-refractivity contribution is 0.108. The molecular formula is C11H17ClN2OS. The fraction of sp³-hybridized carbons (Fsp3) is 0.636. The molecule has 0 saturated carbocycles. The standard InChI is InChI=1S/C11H17ClN2OS/c12-8-4-11(16-7-8)10(5-13)14-6-9-2-1-3-15-9/h4,7,9-10,14H,1-3,5-6,13H2.